The lowest BCUT2D eigenvalue weighted by Crippen LogP contribution is -2.33. The molecule has 1 unspecified atom stereocenters. The van der Waals surface area contributed by atoms with Crippen molar-refractivity contribution < 1.29 is 18.6 Å². The maximum Gasteiger partial charge on any atom is 0.259 e. The Morgan fingerprint density at radius 1 is 1.06 bits per heavy atom. The summed E-state index contributed by atoms with van der Waals surface area (Å²) < 4.78 is 14.5. The van der Waals surface area contributed by atoms with Crippen molar-refractivity contribution in [1.82, 2.24) is 9.99 Å². The second-order valence-corrected chi connectivity index (χ2v) is 9.53. The van der Waals surface area contributed by atoms with Gasteiger partial charge in [-0.3, -0.25) is 9.59 Å². The number of rotatable bonds is 17. The molecule has 8 heteroatoms. The van der Waals surface area contributed by atoms with Gasteiger partial charge in [0, 0.05) is 49.4 Å². The first-order chi connectivity index (χ1) is 15.4. The summed E-state index contributed by atoms with van der Waals surface area (Å²) in [5.74, 6) is -0.200. The average Bonchev–Trinajstić information content (AvgIpc) is 2.77. The van der Waals surface area contributed by atoms with Gasteiger partial charge in [0.1, 0.15) is 0 Å². The first kappa shape index (κ1) is 28.4. The van der Waals surface area contributed by atoms with Gasteiger partial charge in [-0.25, -0.2) is 4.67 Å². The molecule has 7 nitrogen and oxygen atoms in total. The van der Waals surface area contributed by atoms with Crippen LogP contribution in [0.15, 0.2) is 29.3 Å². The lowest BCUT2D eigenvalue weighted by Gasteiger charge is -2.35. The standard InChI is InChI=1S/C24H40N3O4P/c1-20(2)27(21(3)4)32(31-18-12-15-25-5)30-17-11-7-6-10-16-26-24(29)23-14-9-8-13-22(23)19-28/h8-9,13-15,19-21H,6-7,10-12,16-18H2,1-5H3,(H,26,29). The van der Waals surface area contributed by atoms with Crippen LogP contribution >= 0.6 is 8.53 Å². The summed E-state index contributed by atoms with van der Waals surface area (Å²) in [5.41, 5.74) is 0.842. The summed E-state index contributed by atoms with van der Waals surface area (Å²) >= 11 is 0. The third-order valence-electron chi connectivity index (χ3n) is 4.77. The van der Waals surface area contributed by atoms with Crippen LogP contribution in [-0.4, -0.2) is 62.0 Å². The Morgan fingerprint density at radius 2 is 1.72 bits per heavy atom. The molecule has 1 aromatic carbocycles. The highest BCUT2D eigenvalue weighted by Crippen LogP contribution is 2.46. The molecular formula is C24H40N3O4P. The van der Waals surface area contributed by atoms with Crippen LogP contribution in [0.4, 0.5) is 0 Å². The van der Waals surface area contributed by atoms with Crippen LogP contribution in [0.1, 0.15) is 80.5 Å². The number of aliphatic imine (C=N–C) groups is 1. The van der Waals surface area contributed by atoms with Crippen LogP contribution in [0, 0.1) is 0 Å². The maximum atomic E-state index is 12.2. The normalized spacial score (nSPS) is 12.8. The number of hydrogen-bond acceptors (Lipinski definition) is 6. The highest BCUT2D eigenvalue weighted by molar-refractivity contribution is 7.44. The first-order valence-corrected chi connectivity index (χ1v) is 12.6. The second-order valence-electron chi connectivity index (χ2n) is 8.08. The molecule has 0 saturated carbocycles. The first-order valence-electron chi connectivity index (χ1n) is 11.5. The number of aldehydes is 1. The molecule has 0 aliphatic carbocycles. The van der Waals surface area contributed by atoms with Crippen molar-refractivity contribution in [3.8, 4) is 0 Å². The minimum absolute atomic E-state index is 0.200. The zero-order valence-electron chi connectivity index (χ0n) is 20.3. The number of hydrogen-bond donors (Lipinski definition) is 1. The van der Waals surface area contributed by atoms with Crippen molar-refractivity contribution in [2.45, 2.75) is 71.9 Å². The fourth-order valence-corrected chi connectivity index (χ4v) is 4.93. The summed E-state index contributed by atoms with van der Waals surface area (Å²) in [6.45, 7) is 10.5. The maximum absolute atomic E-state index is 12.2. The van der Waals surface area contributed by atoms with Gasteiger partial charge < -0.3 is 19.4 Å². The molecule has 0 aromatic heterocycles. The van der Waals surface area contributed by atoms with Crippen molar-refractivity contribution in [1.29, 1.82) is 0 Å². The predicted octanol–water partition coefficient (Wildman–Crippen LogP) is 5.26. The molecule has 0 aliphatic heterocycles. The molecule has 1 N–H and O–H groups in total. The van der Waals surface area contributed by atoms with Crippen LogP contribution in [0.5, 0.6) is 0 Å². The van der Waals surface area contributed by atoms with E-state index in [1.807, 2.05) is 6.21 Å². The van der Waals surface area contributed by atoms with Crippen LogP contribution in [0.25, 0.3) is 0 Å². The number of carbonyl (C=O) groups excluding carboxylic acids is 2. The van der Waals surface area contributed by atoms with Gasteiger partial charge >= 0.3 is 0 Å². The molecule has 0 saturated heterocycles. The van der Waals surface area contributed by atoms with Crippen LogP contribution in [0.2, 0.25) is 0 Å². The monoisotopic (exact) mass is 465 g/mol. The number of unbranched alkanes of at least 4 members (excludes halogenated alkanes) is 3. The van der Waals surface area contributed by atoms with Gasteiger partial charge in [-0.1, -0.05) is 31.0 Å². The average molecular weight is 466 g/mol. The zero-order chi connectivity index (χ0) is 23.8. The molecule has 0 spiro atoms. The quantitative estimate of drug-likeness (QED) is 0.147. The predicted molar refractivity (Wildman–Crippen MR) is 133 cm³/mol. The van der Waals surface area contributed by atoms with E-state index >= 15 is 0 Å². The smallest absolute Gasteiger partial charge is 0.259 e. The molecule has 0 radical (unpaired) electrons. The van der Waals surface area contributed by atoms with E-state index < -0.39 is 8.53 Å². The van der Waals surface area contributed by atoms with Crippen molar-refractivity contribution in [3.05, 3.63) is 35.4 Å². The van der Waals surface area contributed by atoms with Crippen LogP contribution in [-0.2, 0) is 9.05 Å². The SMILES string of the molecule is CN=CCCOP(OCCCCCCNC(=O)c1ccccc1C=O)N(C(C)C)C(C)C. The minimum Gasteiger partial charge on any atom is -0.352 e. The third-order valence-corrected chi connectivity index (χ3v) is 6.88. The second kappa shape index (κ2) is 16.9. The topological polar surface area (TPSA) is 80.2 Å². The molecule has 0 bridgehead atoms. The van der Waals surface area contributed by atoms with Gasteiger partial charge in [0.15, 0.2) is 6.29 Å². The van der Waals surface area contributed by atoms with E-state index in [9.17, 15) is 9.59 Å². The highest BCUT2D eigenvalue weighted by atomic mass is 31.2. The lowest BCUT2D eigenvalue weighted by molar-refractivity contribution is 0.0947. The van der Waals surface area contributed by atoms with Gasteiger partial charge in [0.25, 0.3) is 14.4 Å². The Labute approximate surface area is 194 Å². The number of benzene rings is 1. The summed E-state index contributed by atoms with van der Waals surface area (Å²) in [5, 5.41) is 2.89. The molecule has 0 heterocycles. The van der Waals surface area contributed by atoms with E-state index in [0.717, 1.165) is 32.1 Å². The summed E-state index contributed by atoms with van der Waals surface area (Å²) in [6.07, 6.45) is 7.22. The van der Waals surface area contributed by atoms with E-state index in [1.54, 1.807) is 31.3 Å². The molecular weight excluding hydrogens is 425 g/mol. The molecule has 32 heavy (non-hydrogen) atoms. The zero-order valence-corrected chi connectivity index (χ0v) is 21.1. The van der Waals surface area contributed by atoms with Gasteiger partial charge in [-0.05, 0) is 46.6 Å². The fraction of sp³-hybridized carbons (Fsp3) is 0.625. The Balaban J connectivity index is 2.31. The number of nitrogens with one attached hydrogen (secondary N) is 1. The third kappa shape index (κ3) is 10.8. The summed E-state index contributed by atoms with van der Waals surface area (Å²) in [7, 11) is 0.667. The molecule has 1 aromatic rings. The Morgan fingerprint density at radius 3 is 2.38 bits per heavy atom. The molecule has 0 aliphatic rings. The van der Waals surface area contributed by atoms with E-state index in [2.05, 4.69) is 42.7 Å². The van der Waals surface area contributed by atoms with Gasteiger partial charge in [-0.15, -0.1) is 0 Å². The van der Waals surface area contributed by atoms with Crippen molar-refractivity contribution in [3.63, 3.8) is 0 Å². The van der Waals surface area contributed by atoms with Crippen molar-refractivity contribution >= 4 is 26.9 Å². The Hall–Kier alpha value is -1.66. The molecule has 180 valence electrons. The fourth-order valence-electron chi connectivity index (χ4n) is 3.28. The number of nitrogens with zero attached hydrogens (tertiary/aromatic N) is 2. The summed E-state index contributed by atoms with van der Waals surface area (Å²) in [4.78, 5) is 27.3. The molecule has 0 fully saturated rings. The van der Waals surface area contributed by atoms with Crippen molar-refractivity contribution in [2.75, 3.05) is 26.8 Å². The van der Waals surface area contributed by atoms with E-state index in [1.165, 1.54) is 0 Å². The van der Waals surface area contributed by atoms with E-state index in [-0.39, 0.29) is 5.91 Å². The number of amides is 1. The molecule has 1 rings (SSSR count). The molecule has 1 atom stereocenters. The van der Waals surface area contributed by atoms with Crippen molar-refractivity contribution in [2.24, 2.45) is 4.99 Å². The van der Waals surface area contributed by atoms with E-state index in [4.69, 9.17) is 9.05 Å². The minimum atomic E-state index is -1.10. The summed E-state index contributed by atoms with van der Waals surface area (Å²) in [6, 6.07) is 7.52. The van der Waals surface area contributed by atoms with Crippen LogP contribution in [0.3, 0.4) is 0 Å². The molecule has 1 amide bonds. The Kier molecular flexibility index (Phi) is 15.0. The largest absolute Gasteiger partial charge is 0.352 e. The highest BCUT2D eigenvalue weighted by Gasteiger charge is 2.26. The van der Waals surface area contributed by atoms with Crippen LogP contribution < -0.4 is 5.32 Å². The number of carbonyl (C=O) groups is 2. The van der Waals surface area contributed by atoms with Gasteiger partial charge in [0.05, 0.1) is 13.2 Å². The van der Waals surface area contributed by atoms with E-state index in [0.29, 0.717) is 49.3 Å². The van der Waals surface area contributed by atoms with Gasteiger partial charge in [0.2, 0.25) is 0 Å². The Bertz CT molecular complexity index is 690. The van der Waals surface area contributed by atoms with Gasteiger partial charge in [-0.2, -0.15) is 0 Å². The lowest BCUT2D eigenvalue weighted by atomic mass is 10.1.